The van der Waals surface area contributed by atoms with Crippen LogP contribution in [0.2, 0.25) is 0 Å². The summed E-state index contributed by atoms with van der Waals surface area (Å²) in [5.74, 6) is -1.76. The van der Waals surface area contributed by atoms with E-state index in [4.69, 9.17) is 4.74 Å². The zero-order valence-electron chi connectivity index (χ0n) is 16.8. The van der Waals surface area contributed by atoms with Gasteiger partial charge in [0.1, 0.15) is 5.76 Å². The molecule has 0 saturated carbocycles. The molecule has 28 heavy (non-hydrogen) atoms. The average Bonchev–Trinajstić information content (AvgIpc) is 3.16. The third-order valence-corrected chi connectivity index (χ3v) is 6.64. The van der Waals surface area contributed by atoms with E-state index in [1.165, 1.54) is 11.0 Å². The number of sulfonamides is 1. The number of ether oxygens (including phenoxy) is 1. The highest BCUT2D eigenvalue weighted by atomic mass is 32.2. The number of hydrogen-bond acceptors (Lipinski definition) is 7. The lowest BCUT2D eigenvalue weighted by Crippen LogP contribution is -2.49. The molecule has 0 aliphatic carbocycles. The minimum atomic E-state index is -3.74. The zero-order valence-corrected chi connectivity index (χ0v) is 17.6. The first kappa shape index (κ1) is 20.8. The molecule has 3 rings (SSSR count). The summed E-state index contributed by atoms with van der Waals surface area (Å²) in [5.41, 5.74) is 0. The van der Waals surface area contributed by atoms with Crippen LogP contribution in [0.15, 0.2) is 11.8 Å². The Morgan fingerprint density at radius 3 is 2.50 bits per heavy atom. The van der Waals surface area contributed by atoms with Crippen molar-refractivity contribution in [2.45, 2.75) is 38.5 Å². The van der Waals surface area contributed by atoms with E-state index in [1.807, 2.05) is 32.8 Å². The number of ketones is 1. The van der Waals surface area contributed by atoms with Crippen molar-refractivity contribution >= 4 is 27.6 Å². The van der Waals surface area contributed by atoms with E-state index in [1.54, 1.807) is 0 Å². The summed E-state index contributed by atoms with van der Waals surface area (Å²) < 4.78 is 30.9. The van der Waals surface area contributed by atoms with Crippen LogP contribution in [0.3, 0.4) is 0 Å². The summed E-state index contributed by atoms with van der Waals surface area (Å²) in [6.07, 6.45) is 1.44. The number of rotatable bonds is 5. The second kappa shape index (κ2) is 7.14. The summed E-state index contributed by atoms with van der Waals surface area (Å²) in [7, 11) is -0.0908. The highest BCUT2D eigenvalue weighted by molar-refractivity contribution is 7.88. The first-order chi connectivity index (χ1) is 12.9. The largest absolute Gasteiger partial charge is 0.475 e. The lowest BCUT2D eigenvalue weighted by atomic mass is 9.88. The van der Waals surface area contributed by atoms with E-state index in [0.29, 0.717) is 18.7 Å². The van der Waals surface area contributed by atoms with Crippen molar-refractivity contribution in [3.63, 3.8) is 0 Å². The van der Waals surface area contributed by atoms with Gasteiger partial charge in [-0.3, -0.25) is 14.4 Å². The molecular formula is C18H27N3O6S. The molecule has 2 fully saturated rings. The maximum atomic E-state index is 13.1. The SMILES string of the molecule is CC(C)[C@H]1C(=O)N(S(C)(=O)=O)[C@H]2CCN(C(=O)C3OC(CN(C)C)=CC3=O)[C@H]12. The fourth-order valence-corrected chi connectivity index (χ4v) is 5.66. The monoisotopic (exact) mass is 413 g/mol. The van der Waals surface area contributed by atoms with Crippen LogP contribution in [0, 0.1) is 11.8 Å². The van der Waals surface area contributed by atoms with Gasteiger partial charge in [-0.05, 0) is 26.4 Å². The first-order valence-corrected chi connectivity index (χ1v) is 11.2. The molecule has 0 bridgehead atoms. The quantitative estimate of drug-likeness (QED) is 0.557. The number of fused-ring (bicyclic) bond motifs is 1. The van der Waals surface area contributed by atoms with Gasteiger partial charge in [-0.1, -0.05) is 13.8 Å². The third kappa shape index (κ3) is 3.43. The number of hydrogen-bond donors (Lipinski definition) is 0. The number of nitrogens with zero attached hydrogens (tertiary/aromatic N) is 3. The van der Waals surface area contributed by atoms with Crippen molar-refractivity contribution in [2.24, 2.45) is 11.8 Å². The number of likely N-dealkylation sites (N-methyl/N-ethyl adjacent to an activating group) is 1. The second-order valence-electron chi connectivity index (χ2n) is 8.29. The smallest absolute Gasteiger partial charge is 0.272 e. The molecule has 0 aromatic carbocycles. The predicted molar refractivity (Wildman–Crippen MR) is 100 cm³/mol. The third-order valence-electron chi connectivity index (χ3n) is 5.48. The molecule has 10 heteroatoms. The fourth-order valence-electron chi connectivity index (χ4n) is 4.49. The Morgan fingerprint density at radius 1 is 1.32 bits per heavy atom. The van der Waals surface area contributed by atoms with Crippen molar-refractivity contribution < 1.29 is 27.5 Å². The van der Waals surface area contributed by atoms with Gasteiger partial charge in [0.25, 0.3) is 5.91 Å². The summed E-state index contributed by atoms with van der Waals surface area (Å²) in [6, 6.07) is -1.17. The van der Waals surface area contributed by atoms with Gasteiger partial charge < -0.3 is 14.5 Å². The molecule has 1 unspecified atom stereocenters. The minimum absolute atomic E-state index is 0.150. The van der Waals surface area contributed by atoms with E-state index in [-0.39, 0.29) is 12.5 Å². The van der Waals surface area contributed by atoms with Crippen LogP contribution in [0.4, 0.5) is 0 Å². The average molecular weight is 413 g/mol. The van der Waals surface area contributed by atoms with Crippen molar-refractivity contribution in [3.05, 3.63) is 11.8 Å². The van der Waals surface area contributed by atoms with Gasteiger partial charge >= 0.3 is 0 Å². The lowest BCUT2D eigenvalue weighted by Gasteiger charge is -2.30. The van der Waals surface area contributed by atoms with E-state index in [2.05, 4.69) is 0 Å². The minimum Gasteiger partial charge on any atom is -0.475 e. The van der Waals surface area contributed by atoms with Crippen molar-refractivity contribution in [1.82, 2.24) is 14.1 Å². The van der Waals surface area contributed by atoms with E-state index < -0.39 is 51.7 Å². The molecule has 156 valence electrons. The van der Waals surface area contributed by atoms with Crippen LogP contribution in [-0.4, -0.2) is 91.7 Å². The van der Waals surface area contributed by atoms with Gasteiger partial charge in [0, 0.05) is 12.6 Å². The van der Waals surface area contributed by atoms with E-state index >= 15 is 0 Å². The fraction of sp³-hybridized carbons (Fsp3) is 0.722. The van der Waals surface area contributed by atoms with Gasteiger partial charge in [0.2, 0.25) is 27.8 Å². The molecule has 4 atom stereocenters. The van der Waals surface area contributed by atoms with Crippen LogP contribution in [-0.2, 0) is 29.1 Å². The number of carbonyl (C=O) groups excluding carboxylic acids is 3. The Bertz CT molecular complexity index is 834. The van der Waals surface area contributed by atoms with Crippen molar-refractivity contribution in [2.75, 3.05) is 33.4 Å². The van der Waals surface area contributed by atoms with Crippen LogP contribution in [0.25, 0.3) is 0 Å². The maximum absolute atomic E-state index is 13.1. The van der Waals surface area contributed by atoms with Crippen molar-refractivity contribution in [1.29, 1.82) is 0 Å². The van der Waals surface area contributed by atoms with E-state index in [9.17, 15) is 22.8 Å². The molecule has 0 N–H and O–H groups in total. The Morgan fingerprint density at radius 2 is 1.96 bits per heavy atom. The van der Waals surface area contributed by atoms with Crippen LogP contribution in [0.1, 0.15) is 20.3 Å². The van der Waals surface area contributed by atoms with Crippen LogP contribution >= 0.6 is 0 Å². The standard InChI is InChI=1S/C18H27N3O6S/c1-10(2)14-15-12(21(17(14)23)28(5,25)26)6-7-20(15)18(24)16-13(22)8-11(27-16)9-19(3)4/h8,10,12,14-16H,6-7,9H2,1-5H3/t12-,14+,15-,16?/m0/s1. The molecule has 2 amide bonds. The maximum Gasteiger partial charge on any atom is 0.272 e. The Balaban J connectivity index is 1.86. The Kier molecular flexibility index (Phi) is 5.30. The van der Waals surface area contributed by atoms with Gasteiger partial charge in [-0.15, -0.1) is 0 Å². The van der Waals surface area contributed by atoms with Gasteiger partial charge in [0.15, 0.2) is 0 Å². The molecule has 3 aliphatic rings. The lowest BCUT2D eigenvalue weighted by molar-refractivity contribution is -0.146. The highest BCUT2D eigenvalue weighted by Crippen LogP contribution is 2.41. The first-order valence-electron chi connectivity index (χ1n) is 9.33. The number of carbonyl (C=O) groups is 3. The summed E-state index contributed by atoms with van der Waals surface area (Å²) in [4.78, 5) is 41.6. The molecule has 9 nitrogen and oxygen atoms in total. The predicted octanol–water partition coefficient (Wildman–Crippen LogP) is -0.557. The second-order valence-corrected chi connectivity index (χ2v) is 10.2. The summed E-state index contributed by atoms with van der Waals surface area (Å²) >= 11 is 0. The summed E-state index contributed by atoms with van der Waals surface area (Å²) in [6.45, 7) is 4.35. The number of likely N-dealkylation sites (tertiary alicyclic amines) is 1. The normalized spacial score (nSPS) is 30.3. The molecule has 3 heterocycles. The molecule has 0 spiro atoms. The molecule has 3 aliphatic heterocycles. The van der Waals surface area contributed by atoms with Crippen LogP contribution in [0.5, 0.6) is 0 Å². The zero-order chi connectivity index (χ0) is 21.0. The van der Waals surface area contributed by atoms with E-state index in [0.717, 1.165) is 10.6 Å². The van der Waals surface area contributed by atoms with Crippen molar-refractivity contribution in [3.8, 4) is 0 Å². The van der Waals surface area contributed by atoms with Gasteiger partial charge in [-0.2, -0.15) is 0 Å². The Labute approximate surface area is 165 Å². The van der Waals surface area contributed by atoms with Gasteiger partial charge in [0.05, 0.1) is 30.8 Å². The Hall–Kier alpha value is -1.94. The summed E-state index contributed by atoms with van der Waals surface area (Å²) in [5, 5.41) is 0. The topological polar surface area (TPSA) is 104 Å². The number of amides is 2. The molecule has 0 radical (unpaired) electrons. The highest BCUT2D eigenvalue weighted by Gasteiger charge is 2.59. The molecular weight excluding hydrogens is 386 g/mol. The molecule has 2 saturated heterocycles. The molecule has 0 aromatic rings. The molecule has 0 aromatic heterocycles. The van der Waals surface area contributed by atoms with Gasteiger partial charge in [-0.25, -0.2) is 12.7 Å². The van der Waals surface area contributed by atoms with Crippen LogP contribution < -0.4 is 0 Å².